The number of hydrogen-bond acceptors (Lipinski definition) is 4. The smallest absolute Gasteiger partial charge is 0.413 e. The first-order chi connectivity index (χ1) is 12.2. The average Bonchev–Trinajstić information content (AvgIpc) is 3.03. The molecule has 2 aromatic carbocycles. The number of hydrogen-bond donors (Lipinski definition) is 1. The number of benzene rings is 2. The Kier molecular flexibility index (Phi) is 5.11. The fraction of sp³-hybridized carbons (Fsp3) is 0.0556. The van der Waals surface area contributed by atoms with Gasteiger partial charge < -0.3 is 4.74 Å². The second kappa shape index (κ2) is 7.64. The van der Waals surface area contributed by atoms with Crippen molar-refractivity contribution in [1.29, 1.82) is 5.26 Å². The average molecular weight is 397 g/mol. The number of nitrogens with one attached hydrogen (secondary N) is 1. The van der Waals surface area contributed by atoms with Crippen molar-refractivity contribution in [2.75, 3.05) is 5.32 Å². The molecule has 0 aliphatic heterocycles. The van der Waals surface area contributed by atoms with Gasteiger partial charge in [-0.15, -0.1) is 0 Å². The zero-order chi connectivity index (χ0) is 17.6. The molecule has 0 bridgehead atoms. The summed E-state index contributed by atoms with van der Waals surface area (Å²) >= 11 is 3.39. The Balaban J connectivity index is 1.78. The highest BCUT2D eigenvalue weighted by Crippen LogP contribution is 2.22. The second-order valence-corrected chi connectivity index (χ2v) is 6.01. The van der Waals surface area contributed by atoms with Crippen molar-refractivity contribution in [1.82, 2.24) is 9.78 Å². The molecule has 0 spiro atoms. The highest BCUT2D eigenvalue weighted by atomic mass is 79.9. The molecule has 1 aromatic heterocycles. The van der Waals surface area contributed by atoms with Crippen LogP contribution in [0.15, 0.2) is 65.3 Å². The van der Waals surface area contributed by atoms with Crippen LogP contribution in [0.5, 0.6) is 0 Å². The Hall–Kier alpha value is -3.11. The maximum absolute atomic E-state index is 12.1. The minimum Gasteiger partial charge on any atom is -0.444 e. The Morgan fingerprint density at radius 1 is 1.24 bits per heavy atom. The highest BCUT2D eigenvalue weighted by Gasteiger charge is 2.16. The van der Waals surface area contributed by atoms with Gasteiger partial charge >= 0.3 is 6.09 Å². The van der Waals surface area contributed by atoms with E-state index in [1.54, 1.807) is 0 Å². The zero-order valence-electron chi connectivity index (χ0n) is 13.0. The molecule has 1 N–H and O–H groups in total. The van der Waals surface area contributed by atoms with Gasteiger partial charge in [0.2, 0.25) is 0 Å². The lowest BCUT2D eigenvalue weighted by Crippen LogP contribution is -2.17. The fourth-order valence-electron chi connectivity index (χ4n) is 2.21. The minimum absolute atomic E-state index is 0.138. The van der Waals surface area contributed by atoms with Crippen LogP contribution in [0.25, 0.3) is 5.69 Å². The molecule has 0 atom stereocenters. The molecule has 1 heterocycles. The molecule has 1 amide bonds. The number of amides is 1. The molecule has 0 saturated heterocycles. The van der Waals surface area contributed by atoms with Crippen LogP contribution < -0.4 is 5.32 Å². The van der Waals surface area contributed by atoms with Gasteiger partial charge in [0.15, 0.2) is 5.82 Å². The number of anilines is 1. The number of carbonyl (C=O) groups excluding carboxylic acids is 1. The summed E-state index contributed by atoms with van der Waals surface area (Å²) in [6.07, 6.45) is 0.741. The number of nitriles is 1. The Labute approximate surface area is 152 Å². The van der Waals surface area contributed by atoms with Gasteiger partial charge in [0.1, 0.15) is 18.2 Å². The molecule has 3 rings (SSSR count). The number of carbonyl (C=O) groups is 1. The van der Waals surface area contributed by atoms with E-state index in [2.05, 4.69) is 26.3 Å². The number of aromatic nitrogens is 2. The van der Waals surface area contributed by atoms with Crippen LogP contribution in [0.3, 0.4) is 0 Å². The zero-order valence-corrected chi connectivity index (χ0v) is 14.6. The van der Waals surface area contributed by atoms with E-state index < -0.39 is 6.09 Å². The summed E-state index contributed by atoms with van der Waals surface area (Å²) in [7, 11) is 0. The van der Waals surface area contributed by atoms with Crippen LogP contribution in [0.1, 0.15) is 11.1 Å². The molecule has 7 heteroatoms. The van der Waals surface area contributed by atoms with Crippen molar-refractivity contribution in [2.24, 2.45) is 0 Å². The van der Waals surface area contributed by atoms with E-state index in [1.165, 1.54) is 10.9 Å². The Morgan fingerprint density at radius 2 is 2.04 bits per heavy atom. The van der Waals surface area contributed by atoms with E-state index in [-0.39, 0.29) is 18.0 Å². The van der Waals surface area contributed by atoms with Gasteiger partial charge in [-0.1, -0.05) is 52.3 Å². The standard InChI is InChI=1S/C18H13BrN4O2/c19-15-7-4-8-16(9-15)23-17(14(10-20)11-21-23)22-18(24)25-12-13-5-2-1-3-6-13/h1-9,11H,12H2,(H,22,24). The summed E-state index contributed by atoms with van der Waals surface area (Å²) in [6, 6.07) is 18.7. The van der Waals surface area contributed by atoms with Crippen LogP contribution in [0.4, 0.5) is 10.6 Å². The lowest BCUT2D eigenvalue weighted by atomic mass is 10.2. The normalized spacial score (nSPS) is 10.1. The highest BCUT2D eigenvalue weighted by molar-refractivity contribution is 9.10. The van der Waals surface area contributed by atoms with Crippen LogP contribution >= 0.6 is 15.9 Å². The molecule has 124 valence electrons. The summed E-state index contributed by atoms with van der Waals surface area (Å²) < 4.78 is 7.54. The summed E-state index contributed by atoms with van der Waals surface area (Å²) in [4.78, 5) is 12.1. The predicted octanol–water partition coefficient (Wildman–Crippen LogP) is 4.26. The fourth-order valence-corrected chi connectivity index (χ4v) is 2.60. The molecule has 25 heavy (non-hydrogen) atoms. The van der Waals surface area contributed by atoms with E-state index in [0.29, 0.717) is 5.69 Å². The maximum Gasteiger partial charge on any atom is 0.413 e. The Morgan fingerprint density at radius 3 is 2.76 bits per heavy atom. The quantitative estimate of drug-likeness (QED) is 0.714. The van der Waals surface area contributed by atoms with Crippen molar-refractivity contribution in [3.05, 3.63) is 76.4 Å². The SMILES string of the molecule is N#Cc1cnn(-c2cccc(Br)c2)c1NC(=O)OCc1ccccc1. The first-order valence-electron chi connectivity index (χ1n) is 7.39. The molecule has 6 nitrogen and oxygen atoms in total. The molecular formula is C18H13BrN4O2. The van der Waals surface area contributed by atoms with Crippen molar-refractivity contribution in [3.8, 4) is 11.8 Å². The van der Waals surface area contributed by atoms with E-state index >= 15 is 0 Å². The van der Waals surface area contributed by atoms with Crippen molar-refractivity contribution in [2.45, 2.75) is 6.61 Å². The van der Waals surface area contributed by atoms with Crippen LogP contribution in [0.2, 0.25) is 0 Å². The first-order valence-corrected chi connectivity index (χ1v) is 8.18. The van der Waals surface area contributed by atoms with Gasteiger partial charge in [0.25, 0.3) is 0 Å². The monoisotopic (exact) mass is 396 g/mol. The molecule has 0 aliphatic rings. The third kappa shape index (κ3) is 4.05. The first kappa shape index (κ1) is 16.7. The van der Waals surface area contributed by atoms with Crippen molar-refractivity contribution in [3.63, 3.8) is 0 Å². The van der Waals surface area contributed by atoms with Gasteiger partial charge in [-0.05, 0) is 23.8 Å². The van der Waals surface area contributed by atoms with Crippen LogP contribution in [0, 0.1) is 11.3 Å². The molecule has 0 saturated carbocycles. The second-order valence-electron chi connectivity index (χ2n) is 5.10. The van der Waals surface area contributed by atoms with Gasteiger partial charge in [-0.2, -0.15) is 10.4 Å². The van der Waals surface area contributed by atoms with E-state index in [1.807, 2.05) is 60.7 Å². The third-order valence-corrected chi connectivity index (χ3v) is 3.87. The predicted molar refractivity (Wildman–Crippen MR) is 96.2 cm³/mol. The molecule has 0 fully saturated rings. The van der Waals surface area contributed by atoms with E-state index in [9.17, 15) is 10.1 Å². The summed E-state index contributed by atoms with van der Waals surface area (Å²) in [6.45, 7) is 0.138. The maximum atomic E-state index is 12.1. The van der Waals surface area contributed by atoms with Crippen LogP contribution in [-0.2, 0) is 11.3 Å². The minimum atomic E-state index is -0.655. The lowest BCUT2D eigenvalue weighted by Gasteiger charge is -2.10. The molecule has 3 aromatic rings. The van der Waals surface area contributed by atoms with Gasteiger partial charge in [0.05, 0.1) is 11.9 Å². The van der Waals surface area contributed by atoms with E-state index in [0.717, 1.165) is 10.0 Å². The number of halogens is 1. The molecule has 0 aliphatic carbocycles. The van der Waals surface area contributed by atoms with Gasteiger partial charge in [-0.3, -0.25) is 5.32 Å². The van der Waals surface area contributed by atoms with Gasteiger partial charge in [0, 0.05) is 4.47 Å². The molecule has 0 unspecified atom stereocenters. The summed E-state index contributed by atoms with van der Waals surface area (Å²) in [5.74, 6) is 0.263. The lowest BCUT2D eigenvalue weighted by molar-refractivity contribution is 0.155. The topological polar surface area (TPSA) is 79.9 Å². The van der Waals surface area contributed by atoms with Crippen LogP contribution in [-0.4, -0.2) is 15.9 Å². The number of nitrogens with zero attached hydrogens (tertiary/aromatic N) is 3. The molecular weight excluding hydrogens is 384 g/mol. The van der Waals surface area contributed by atoms with Crippen molar-refractivity contribution < 1.29 is 9.53 Å². The third-order valence-electron chi connectivity index (χ3n) is 3.38. The Bertz CT molecular complexity index is 932. The van der Waals surface area contributed by atoms with E-state index in [4.69, 9.17) is 4.74 Å². The van der Waals surface area contributed by atoms with Gasteiger partial charge in [-0.25, -0.2) is 9.48 Å². The molecule has 0 radical (unpaired) electrons. The number of rotatable bonds is 4. The largest absolute Gasteiger partial charge is 0.444 e. The summed E-state index contributed by atoms with van der Waals surface area (Å²) in [5, 5.41) is 16.0. The van der Waals surface area contributed by atoms with Crippen molar-refractivity contribution >= 4 is 27.8 Å². The number of ether oxygens (including phenoxy) is 1. The summed E-state index contributed by atoms with van der Waals surface area (Å²) in [5.41, 5.74) is 1.82.